The lowest BCUT2D eigenvalue weighted by atomic mass is 9.43. The van der Waals surface area contributed by atoms with Gasteiger partial charge in [-0.2, -0.15) is 10.5 Å². The Labute approximate surface area is 152 Å². The highest BCUT2D eigenvalue weighted by atomic mass is 14.7. The molecule has 0 radical (unpaired) electrons. The zero-order valence-electron chi connectivity index (χ0n) is 14.2. The molecule has 0 amide bonds. The SMILES string of the molecule is N#CC12CCC(C#N)(c3ccccc31)C1c3cccc4cccc(c34)C12. The standard InChI is InChI=1S/C24H16N2/c25-13-23-11-12-24(14-26,19-10-2-1-9-18(19)23)22-17-8-4-6-15-5-3-7-16(20(15)17)21(22)23/h1-10,21-22H,11-12H2. The maximum absolute atomic E-state index is 10.4. The monoisotopic (exact) mass is 332 g/mol. The summed E-state index contributed by atoms with van der Waals surface area (Å²) in [5, 5.41) is 23.3. The van der Waals surface area contributed by atoms with E-state index in [1.54, 1.807) is 0 Å². The van der Waals surface area contributed by atoms with Crippen LogP contribution in [-0.2, 0) is 10.8 Å². The van der Waals surface area contributed by atoms with E-state index >= 15 is 0 Å². The molecule has 2 nitrogen and oxygen atoms in total. The average molecular weight is 332 g/mol. The van der Waals surface area contributed by atoms with Crippen molar-refractivity contribution in [1.29, 1.82) is 10.5 Å². The molecule has 2 bridgehead atoms. The number of fused-ring (bicyclic) bond motifs is 1. The van der Waals surface area contributed by atoms with Crippen LogP contribution in [-0.4, -0.2) is 0 Å². The maximum Gasteiger partial charge on any atom is 0.0901 e. The van der Waals surface area contributed by atoms with Crippen LogP contribution in [0.3, 0.4) is 0 Å². The van der Waals surface area contributed by atoms with E-state index in [1.807, 2.05) is 12.1 Å². The number of hydrogen-bond acceptors (Lipinski definition) is 2. The summed E-state index contributed by atoms with van der Waals surface area (Å²) in [6.45, 7) is 0. The maximum atomic E-state index is 10.4. The van der Waals surface area contributed by atoms with Crippen molar-refractivity contribution in [2.75, 3.05) is 0 Å². The Morgan fingerprint density at radius 2 is 1.19 bits per heavy atom. The van der Waals surface area contributed by atoms with E-state index in [9.17, 15) is 10.5 Å². The number of nitrogens with zero attached hydrogens (tertiary/aromatic N) is 2. The Morgan fingerprint density at radius 3 is 1.65 bits per heavy atom. The third kappa shape index (κ3) is 1.26. The van der Waals surface area contributed by atoms with Crippen molar-refractivity contribution in [3.05, 3.63) is 82.9 Å². The average Bonchev–Trinajstić information content (AvgIpc) is 3.07. The van der Waals surface area contributed by atoms with Crippen LogP contribution in [0.2, 0.25) is 0 Å². The van der Waals surface area contributed by atoms with E-state index in [4.69, 9.17) is 0 Å². The van der Waals surface area contributed by atoms with Gasteiger partial charge in [0.05, 0.1) is 23.0 Å². The quantitative estimate of drug-likeness (QED) is 0.578. The number of rotatable bonds is 0. The first-order valence-corrected chi connectivity index (χ1v) is 9.21. The van der Waals surface area contributed by atoms with Gasteiger partial charge >= 0.3 is 0 Å². The molecule has 0 aliphatic heterocycles. The number of hydrogen-bond donors (Lipinski definition) is 0. The van der Waals surface area contributed by atoms with E-state index in [0.717, 1.165) is 24.0 Å². The first-order chi connectivity index (χ1) is 12.8. The lowest BCUT2D eigenvalue weighted by Gasteiger charge is -2.56. The molecule has 0 heterocycles. The van der Waals surface area contributed by atoms with Crippen molar-refractivity contribution in [3.63, 3.8) is 0 Å². The number of nitriles is 2. The van der Waals surface area contributed by atoms with E-state index in [2.05, 4.69) is 60.7 Å². The Morgan fingerprint density at radius 1 is 0.692 bits per heavy atom. The molecule has 7 rings (SSSR count). The van der Waals surface area contributed by atoms with E-state index in [0.29, 0.717) is 0 Å². The molecule has 0 N–H and O–H groups in total. The lowest BCUT2D eigenvalue weighted by Crippen LogP contribution is -2.54. The minimum Gasteiger partial charge on any atom is -0.197 e. The molecule has 4 aliphatic rings. The molecule has 26 heavy (non-hydrogen) atoms. The highest BCUT2D eigenvalue weighted by molar-refractivity contribution is 5.94. The summed E-state index contributed by atoms with van der Waals surface area (Å²) >= 11 is 0. The highest BCUT2D eigenvalue weighted by Gasteiger charge is 2.66. The fourth-order valence-electron chi connectivity index (χ4n) is 6.32. The Kier molecular flexibility index (Phi) is 2.36. The molecule has 3 aromatic rings. The zero-order chi connectivity index (χ0) is 17.5. The van der Waals surface area contributed by atoms with Gasteiger partial charge in [0.15, 0.2) is 0 Å². The molecule has 0 spiro atoms. The predicted octanol–water partition coefficient (Wildman–Crippen LogP) is 5.05. The third-order valence-electron chi connectivity index (χ3n) is 7.24. The molecule has 1 fully saturated rings. The summed E-state index contributed by atoms with van der Waals surface area (Å²) in [4.78, 5) is 0. The van der Waals surface area contributed by atoms with Crippen LogP contribution in [0.5, 0.6) is 0 Å². The summed E-state index contributed by atoms with van der Waals surface area (Å²) in [7, 11) is 0. The van der Waals surface area contributed by atoms with Gasteiger partial charge in [-0.05, 0) is 45.9 Å². The van der Waals surface area contributed by atoms with E-state index in [-0.39, 0.29) is 11.8 Å². The van der Waals surface area contributed by atoms with Crippen molar-refractivity contribution in [1.82, 2.24) is 0 Å². The van der Waals surface area contributed by atoms with Gasteiger partial charge in [-0.1, -0.05) is 60.7 Å². The van der Waals surface area contributed by atoms with Crippen LogP contribution in [0, 0.1) is 22.7 Å². The molecule has 1 saturated carbocycles. The van der Waals surface area contributed by atoms with Crippen LogP contribution in [0.1, 0.15) is 46.9 Å². The van der Waals surface area contributed by atoms with E-state index in [1.165, 1.54) is 21.9 Å². The third-order valence-corrected chi connectivity index (χ3v) is 7.24. The summed E-state index contributed by atoms with van der Waals surface area (Å²) in [5.74, 6) is 0.133. The van der Waals surface area contributed by atoms with Crippen molar-refractivity contribution in [2.45, 2.75) is 35.5 Å². The van der Waals surface area contributed by atoms with Gasteiger partial charge < -0.3 is 0 Å². The first-order valence-electron chi connectivity index (χ1n) is 9.21. The van der Waals surface area contributed by atoms with Crippen molar-refractivity contribution in [3.8, 4) is 12.1 Å². The van der Waals surface area contributed by atoms with Crippen molar-refractivity contribution >= 4 is 10.8 Å². The molecular formula is C24H16N2. The van der Waals surface area contributed by atoms with Gasteiger partial charge in [-0.25, -0.2) is 0 Å². The normalized spacial score (nSPS) is 32.5. The van der Waals surface area contributed by atoms with Crippen molar-refractivity contribution in [2.24, 2.45) is 0 Å². The molecule has 4 unspecified atom stereocenters. The second-order valence-corrected chi connectivity index (χ2v) is 7.96. The summed E-state index contributed by atoms with van der Waals surface area (Å²) < 4.78 is 0. The summed E-state index contributed by atoms with van der Waals surface area (Å²) in [6.07, 6.45) is 1.53. The topological polar surface area (TPSA) is 47.6 Å². The van der Waals surface area contributed by atoms with Crippen LogP contribution in [0.25, 0.3) is 10.8 Å². The van der Waals surface area contributed by atoms with E-state index < -0.39 is 10.8 Å². The predicted molar refractivity (Wildman–Crippen MR) is 99.7 cm³/mol. The molecule has 2 heteroatoms. The van der Waals surface area contributed by atoms with Gasteiger partial charge in [0.2, 0.25) is 0 Å². The smallest absolute Gasteiger partial charge is 0.0901 e. The Hall–Kier alpha value is -3.10. The van der Waals surface area contributed by atoms with Crippen LogP contribution < -0.4 is 0 Å². The van der Waals surface area contributed by atoms with Crippen LogP contribution >= 0.6 is 0 Å². The largest absolute Gasteiger partial charge is 0.197 e. The van der Waals surface area contributed by atoms with Crippen LogP contribution in [0.15, 0.2) is 60.7 Å². The fraction of sp³-hybridized carbons (Fsp3) is 0.250. The molecule has 4 aliphatic carbocycles. The summed E-state index contributed by atoms with van der Waals surface area (Å²) in [6, 6.07) is 26.5. The second-order valence-electron chi connectivity index (χ2n) is 7.96. The minimum atomic E-state index is -0.535. The summed E-state index contributed by atoms with van der Waals surface area (Å²) in [5.41, 5.74) is 3.63. The molecule has 3 aromatic carbocycles. The van der Waals surface area contributed by atoms with Crippen LogP contribution in [0.4, 0.5) is 0 Å². The van der Waals surface area contributed by atoms with Gasteiger partial charge in [-0.3, -0.25) is 0 Å². The van der Waals surface area contributed by atoms with Gasteiger partial charge in [0.25, 0.3) is 0 Å². The minimum absolute atomic E-state index is 0.0666. The molecule has 0 saturated heterocycles. The highest BCUT2D eigenvalue weighted by Crippen LogP contribution is 2.71. The van der Waals surface area contributed by atoms with Crippen molar-refractivity contribution < 1.29 is 0 Å². The molecular weight excluding hydrogens is 316 g/mol. The van der Waals surface area contributed by atoms with Gasteiger partial charge in [0.1, 0.15) is 0 Å². The lowest BCUT2D eigenvalue weighted by molar-refractivity contribution is 0.178. The first kappa shape index (κ1) is 14.1. The zero-order valence-corrected chi connectivity index (χ0v) is 14.2. The Bertz CT molecular complexity index is 1110. The molecule has 4 atom stereocenters. The van der Waals surface area contributed by atoms with Gasteiger partial charge in [0, 0.05) is 11.8 Å². The number of benzene rings is 3. The second kappa shape index (κ2) is 4.35. The molecule has 122 valence electrons. The molecule has 0 aromatic heterocycles. The van der Waals surface area contributed by atoms with Gasteiger partial charge in [-0.15, -0.1) is 0 Å². The Balaban J connectivity index is 1.82. The fourth-order valence-corrected chi connectivity index (χ4v) is 6.32.